The van der Waals surface area contributed by atoms with Gasteiger partial charge in [-0.15, -0.1) is 0 Å². The lowest BCUT2D eigenvalue weighted by Gasteiger charge is -2.28. The highest BCUT2D eigenvalue weighted by atomic mass is 16.7. The fourth-order valence-corrected chi connectivity index (χ4v) is 2.90. The second-order valence-electron chi connectivity index (χ2n) is 6.02. The van der Waals surface area contributed by atoms with Crippen LogP contribution in [0.1, 0.15) is 12.5 Å². The molecule has 6 nitrogen and oxygen atoms in total. The highest BCUT2D eigenvalue weighted by Crippen LogP contribution is 2.36. The van der Waals surface area contributed by atoms with Crippen LogP contribution in [0.25, 0.3) is 0 Å². The fourth-order valence-electron chi connectivity index (χ4n) is 2.90. The molecule has 2 heterocycles. The molecule has 0 N–H and O–H groups in total. The van der Waals surface area contributed by atoms with Gasteiger partial charge in [0.2, 0.25) is 5.79 Å². The van der Waals surface area contributed by atoms with E-state index < -0.39 is 5.79 Å². The van der Waals surface area contributed by atoms with Crippen molar-refractivity contribution in [2.75, 3.05) is 6.61 Å². The summed E-state index contributed by atoms with van der Waals surface area (Å²) in [4.78, 5) is 3.99. The van der Waals surface area contributed by atoms with Crippen LogP contribution in [0, 0.1) is 0 Å². The zero-order chi connectivity index (χ0) is 17.1. The van der Waals surface area contributed by atoms with Crippen LogP contribution in [-0.4, -0.2) is 27.5 Å². The van der Waals surface area contributed by atoms with Crippen LogP contribution >= 0.6 is 0 Å². The Labute approximate surface area is 146 Å². The first kappa shape index (κ1) is 15.8. The largest absolute Gasteiger partial charge is 0.457 e. The van der Waals surface area contributed by atoms with Crippen LogP contribution in [0.5, 0.6) is 11.5 Å². The predicted octanol–water partition coefficient (Wildman–Crippen LogP) is 3.36. The summed E-state index contributed by atoms with van der Waals surface area (Å²) in [5, 5.41) is 4.17. The van der Waals surface area contributed by atoms with E-state index in [0.29, 0.717) is 13.2 Å². The number of hydrogen-bond donors (Lipinski definition) is 0. The molecule has 0 bridgehead atoms. The Balaban J connectivity index is 1.57. The molecule has 0 spiro atoms. The van der Waals surface area contributed by atoms with Crippen LogP contribution in [0.15, 0.2) is 67.3 Å². The molecule has 2 aromatic carbocycles. The number of benzene rings is 2. The van der Waals surface area contributed by atoms with Gasteiger partial charge in [-0.3, -0.25) is 0 Å². The van der Waals surface area contributed by atoms with Crippen molar-refractivity contribution in [1.29, 1.82) is 0 Å². The minimum atomic E-state index is -0.863. The molecule has 1 saturated heterocycles. The molecule has 2 unspecified atom stereocenters. The number of hydrogen-bond acceptors (Lipinski definition) is 5. The molecule has 6 heteroatoms. The molecule has 1 aliphatic rings. The highest BCUT2D eigenvalue weighted by molar-refractivity contribution is 5.34. The number of para-hydroxylation sites is 1. The third kappa shape index (κ3) is 3.40. The smallest absolute Gasteiger partial charge is 0.215 e. The van der Waals surface area contributed by atoms with Gasteiger partial charge in [0.1, 0.15) is 30.7 Å². The van der Waals surface area contributed by atoms with E-state index in [-0.39, 0.29) is 6.10 Å². The normalized spacial score (nSPS) is 22.8. The van der Waals surface area contributed by atoms with Crippen molar-refractivity contribution in [2.45, 2.75) is 25.4 Å². The van der Waals surface area contributed by atoms with Crippen molar-refractivity contribution in [1.82, 2.24) is 14.8 Å². The summed E-state index contributed by atoms with van der Waals surface area (Å²) in [6.45, 7) is 2.98. The van der Waals surface area contributed by atoms with Crippen molar-refractivity contribution < 1.29 is 14.2 Å². The van der Waals surface area contributed by atoms with E-state index in [1.807, 2.05) is 61.5 Å². The molecule has 0 aliphatic carbocycles. The molecule has 1 fully saturated rings. The van der Waals surface area contributed by atoms with Crippen molar-refractivity contribution in [3.8, 4) is 11.5 Å². The number of ether oxygens (including phenoxy) is 3. The predicted molar refractivity (Wildman–Crippen MR) is 91.2 cm³/mol. The summed E-state index contributed by atoms with van der Waals surface area (Å²) in [7, 11) is 0. The molecule has 0 amide bonds. The molecule has 0 saturated carbocycles. The number of aromatic nitrogens is 3. The first-order chi connectivity index (χ1) is 12.2. The van der Waals surface area contributed by atoms with Crippen LogP contribution in [0.2, 0.25) is 0 Å². The van der Waals surface area contributed by atoms with E-state index in [1.54, 1.807) is 11.0 Å². The SMILES string of the molecule is CC1COC(Cn2cncn2)(c2ccc(Oc3ccccc3)cc2)O1. The van der Waals surface area contributed by atoms with Gasteiger partial charge in [0, 0.05) is 5.56 Å². The highest BCUT2D eigenvalue weighted by Gasteiger charge is 2.42. The molecule has 2 atom stereocenters. The Kier molecular flexibility index (Phi) is 4.21. The quantitative estimate of drug-likeness (QED) is 0.714. The van der Waals surface area contributed by atoms with E-state index in [1.165, 1.54) is 6.33 Å². The number of rotatable bonds is 5. The van der Waals surface area contributed by atoms with Crippen LogP contribution in [-0.2, 0) is 21.8 Å². The van der Waals surface area contributed by atoms with Gasteiger partial charge in [-0.25, -0.2) is 9.67 Å². The number of nitrogens with zero attached hydrogens (tertiary/aromatic N) is 3. The summed E-state index contributed by atoms with van der Waals surface area (Å²) >= 11 is 0. The second kappa shape index (κ2) is 6.66. The van der Waals surface area contributed by atoms with Crippen molar-refractivity contribution in [3.63, 3.8) is 0 Å². The summed E-state index contributed by atoms with van der Waals surface area (Å²) < 4.78 is 19.7. The molecular weight excluding hydrogens is 318 g/mol. The van der Waals surface area contributed by atoms with Crippen LogP contribution < -0.4 is 4.74 Å². The Morgan fingerprint density at radius 2 is 1.88 bits per heavy atom. The Hall–Kier alpha value is -2.70. The standard InChI is InChI=1S/C19H19N3O3/c1-15-11-23-19(25-15,12-22-14-20-13-21-22)16-7-9-18(10-8-16)24-17-5-3-2-4-6-17/h2-10,13-15H,11-12H2,1H3. The van der Waals surface area contributed by atoms with E-state index in [2.05, 4.69) is 10.1 Å². The second-order valence-corrected chi connectivity index (χ2v) is 6.02. The van der Waals surface area contributed by atoms with E-state index in [0.717, 1.165) is 17.1 Å². The fraction of sp³-hybridized carbons (Fsp3) is 0.263. The lowest BCUT2D eigenvalue weighted by molar-refractivity contribution is -0.186. The van der Waals surface area contributed by atoms with Gasteiger partial charge in [0.15, 0.2) is 0 Å². The molecule has 25 heavy (non-hydrogen) atoms. The van der Waals surface area contributed by atoms with E-state index in [9.17, 15) is 0 Å². The zero-order valence-corrected chi connectivity index (χ0v) is 13.9. The lowest BCUT2D eigenvalue weighted by atomic mass is 10.1. The van der Waals surface area contributed by atoms with Crippen molar-refractivity contribution >= 4 is 0 Å². The van der Waals surface area contributed by atoms with Crippen LogP contribution in [0.4, 0.5) is 0 Å². The summed E-state index contributed by atoms with van der Waals surface area (Å²) in [6.07, 6.45) is 3.18. The summed E-state index contributed by atoms with van der Waals surface area (Å²) in [5.74, 6) is 0.699. The van der Waals surface area contributed by atoms with Gasteiger partial charge in [-0.1, -0.05) is 18.2 Å². The van der Waals surface area contributed by atoms with Gasteiger partial charge in [0.05, 0.1) is 12.7 Å². The minimum absolute atomic E-state index is 0.0174. The molecule has 4 rings (SSSR count). The zero-order valence-electron chi connectivity index (χ0n) is 13.9. The Morgan fingerprint density at radius 1 is 1.12 bits per heavy atom. The van der Waals surface area contributed by atoms with Gasteiger partial charge in [0.25, 0.3) is 0 Å². The first-order valence-corrected chi connectivity index (χ1v) is 8.21. The molecular formula is C19H19N3O3. The molecule has 1 aliphatic heterocycles. The topological polar surface area (TPSA) is 58.4 Å². The van der Waals surface area contributed by atoms with Crippen LogP contribution in [0.3, 0.4) is 0 Å². The lowest BCUT2D eigenvalue weighted by Crippen LogP contribution is -2.33. The monoisotopic (exact) mass is 337 g/mol. The average Bonchev–Trinajstić information content (AvgIpc) is 3.27. The third-order valence-electron chi connectivity index (χ3n) is 4.05. The molecule has 3 aromatic rings. The third-order valence-corrected chi connectivity index (χ3v) is 4.05. The molecule has 1 aromatic heterocycles. The Bertz CT molecular complexity index is 806. The van der Waals surface area contributed by atoms with Gasteiger partial charge in [-0.2, -0.15) is 5.10 Å². The Morgan fingerprint density at radius 3 is 2.52 bits per heavy atom. The minimum Gasteiger partial charge on any atom is -0.457 e. The van der Waals surface area contributed by atoms with Crippen molar-refractivity contribution in [3.05, 3.63) is 72.8 Å². The maximum Gasteiger partial charge on any atom is 0.215 e. The van der Waals surface area contributed by atoms with Crippen molar-refractivity contribution in [2.24, 2.45) is 0 Å². The van der Waals surface area contributed by atoms with Gasteiger partial charge < -0.3 is 14.2 Å². The molecule has 0 radical (unpaired) electrons. The maximum absolute atomic E-state index is 6.11. The van der Waals surface area contributed by atoms with Gasteiger partial charge in [-0.05, 0) is 43.3 Å². The summed E-state index contributed by atoms with van der Waals surface area (Å²) in [6, 6.07) is 17.5. The van der Waals surface area contributed by atoms with E-state index in [4.69, 9.17) is 14.2 Å². The first-order valence-electron chi connectivity index (χ1n) is 8.21. The average molecular weight is 337 g/mol. The summed E-state index contributed by atoms with van der Waals surface area (Å²) in [5.41, 5.74) is 0.924. The van der Waals surface area contributed by atoms with Gasteiger partial charge >= 0.3 is 0 Å². The molecule has 128 valence electrons. The van der Waals surface area contributed by atoms with E-state index >= 15 is 0 Å². The maximum atomic E-state index is 6.11.